The van der Waals surface area contributed by atoms with E-state index in [1.807, 2.05) is 16.7 Å². The van der Waals surface area contributed by atoms with Gasteiger partial charge in [-0.05, 0) is 42.7 Å². The van der Waals surface area contributed by atoms with E-state index in [4.69, 9.17) is 9.68 Å². The molecule has 4 heterocycles. The molecule has 4 aromatic rings. The van der Waals surface area contributed by atoms with E-state index in [2.05, 4.69) is 21.9 Å². The number of amides is 2. The zero-order chi connectivity index (χ0) is 25.2. The average Bonchev–Trinajstić information content (AvgIpc) is 3.70. The van der Waals surface area contributed by atoms with Gasteiger partial charge in [-0.1, -0.05) is 12.6 Å². The molecule has 1 aliphatic heterocycles. The number of fused-ring (bicyclic) bond motifs is 1. The molecule has 1 aromatic carbocycles. The number of anilines is 1. The number of carbonyl (C=O) groups is 2. The summed E-state index contributed by atoms with van der Waals surface area (Å²) in [5.74, 6) is 0.198. The van der Waals surface area contributed by atoms with Crippen LogP contribution >= 0.6 is 11.3 Å². The highest BCUT2D eigenvalue weighted by Gasteiger charge is 2.31. The van der Waals surface area contributed by atoms with Crippen LogP contribution in [0.15, 0.2) is 59.5 Å². The Hall–Kier alpha value is -4.27. The number of hydrogen-bond donors (Lipinski definition) is 2. The van der Waals surface area contributed by atoms with Crippen molar-refractivity contribution >= 4 is 40.1 Å². The van der Waals surface area contributed by atoms with Gasteiger partial charge in [0.15, 0.2) is 12.2 Å². The Morgan fingerprint density at radius 2 is 2.19 bits per heavy atom. The van der Waals surface area contributed by atoms with Crippen molar-refractivity contribution in [2.45, 2.75) is 32.0 Å². The van der Waals surface area contributed by atoms with Crippen LogP contribution < -0.4 is 5.32 Å². The Bertz CT molecular complexity index is 1500. The molecule has 11 heteroatoms. The number of nitrogens with one attached hydrogen (secondary N) is 1. The van der Waals surface area contributed by atoms with Crippen LogP contribution in [-0.2, 0) is 17.9 Å². The maximum atomic E-state index is 13.1. The normalized spacial score (nSPS) is 15.2. The zero-order valence-electron chi connectivity index (χ0n) is 19.2. The topological polar surface area (TPSA) is 137 Å². The van der Waals surface area contributed by atoms with Crippen LogP contribution in [0.4, 0.5) is 5.95 Å². The summed E-state index contributed by atoms with van der Waals surface area (Å²) in [5, 5.41) is 21.6. The molecule has 5 rings (SSSR count). The highest BCUT2D eigenvalue weighted by molar-refractivity contribution is 7.17. The van der Waals surface area contributed by atoms with Crippen molar-refractivity contribution in [3.05, 3.63) is 65.5 Å². The first-order valence-electron chi connectivity index (χ1n) is 11.3. The van der Waals surface area contributed by atoms with Gasteiger partial charge >= 0.3 is 0 Å². The van der Waals surface area contributed by atoms with E-state index in [1.54, 1.807) is 35.4 Å². The number of oxazole rings is 1. The van der Waals surface area contributed by atoms with Crippen LogP contribution in [0.25, 0.3) is 21.7 Å². The molecule has 0 radical (unpaired) electrons. The van der Waals surface area contributed by atoms with Gasteiger partial charge in [-0.25, -0.2) is 9.97 Å². The fourth-order valence-corrected chi connectivity index (χ4v) is 5.23. The second-order valence-corrected chi connectivity index (χ2v) is 9.48. The largest absolute Gasteiger partial charge is 0.443 e. The van der Waals surface area contributed by atoms with E-state index in [0.717, 1.165) is 23.2 Å². The van der Waals surface area contributed by atoms with Crippen molar-refractivity contribution in [3.8, 4) is 16.7 Å². The molecule has 0 bridgehead atoms. The quantitative estimate of drug-likeness (QED) is 0.291. The fourth-order valence-electron chi connectivity index (χ4n) is 4.37. The van der Waals surface area contributed by atoms with E-state index in [1.165, 1.54) is 17.7 Å². The second kappa shape index (κ2) is 9.77. The summed E-state index contributed by atoms with van der Waals surface area (Å²) in [5.41, 5.74) is 1.97. The summed E-state index contributed by atoms with van der Waals surface area (Å²) < 4.78 is 7.18. The minimum absolute atomic E-state index is 0.0984. The SMILES string of the molecule is C=C(C#N)C(=O)N1CCC[C@@H]1Cn1c(NC(=O)c2ccc(-c3cnco3)s2)nc2cc(CO)ccc21. The zero-order valence-corrected chi connectivity index (χ0v) is 20.0. The van der Waals surface area contributed by atoms with Gasteiger partial charge in [-0.3, -0.25) is 14.9 Å². The predicted octanol–water partition coefficient (Wildman–Crippen LogP) is 3.57. The molecule has 1 saturated heterocycles. The first-order valence-corrected chi connectivity index (χ1v) is 12.1. The summed E-state index contributed by atoms with van der Waals surface area (Å²) in [7, 11) is 0. The molecule has 0 saturated carbocycles. The second-order valence-electron chi connectivity index (χ2n) is 8.40. The van der Waals surface area contributed by atoms with Crippen LogP contribution in [0, 0.1) is 11.3 Å². The van der Waals surface area contributed by atoms with Crippen LogP contribution in [0.2, 0.25) is 0 Å². The molecule has 10 nitrogen and oxygen atoms in total. The first kappa shape index (κ1) is 23.5. The van der Waals surface area contributed by atoms with Gasteiger partial charge in [0.05, 0.1) is 39.6 Å². The van der Waals surface area contributed by atoms with Crippen LogP contribution in [-0.4, -0.2) is 48.9 Å². The highest BCUT2D eigenvalue weighted by atomic mass is 32.1. The number of imidazole rings is 1. The van der Waals surface area contributed by atoms with Crippen LogP contribution in [0.1, 0.15) is 28.1 Å². The fraction of sp³-hybridized carbons (Fsp3) is 0.240. The van der Waals surface area contributed by atoms with Crippen LogP contribution in [0.3, 0.4) is 0 Å². The van der Waals surface area contributed by atoms with Crippen molar-refractivity contribution in [2.24, 2.45) is 0 Å². The number of benzene rings is 1. The summed E-state index contributed by atoms with van der Waals surface area (Å²) in [4.78, 5) is 37.3. The maximum Gasteiger partial charge on any atom is 0.268 e. The van der Waals surface area contributed by atoms with Crippen molar-refractivity contribution in [1.82, 2.24) is 19.4 Å². The minimum atomic E-state index is -0.379. The number of likely N-dealkylation sites (tertiary alicyclic amines) is 1. The number of carbonyl (C=O) groups excluding carboxylic acids is 2. The summed E-state index contributed by atoms with van der Waals surface area (Å²) in [6.07, 6.45) is 4.47. The van der Waals surface area contributed by atoms with Crippen molar-refractivity contribution in [3.63, 3.8) is 0 Å². The van der Waals surface area contributed by atoms with E-state index >= 15 is 0 Å². The van der Waals surface area contributed by atoms with Gasteiger partial charge < -0.3 is 19.0 Å². The Balaban J connectivity index is 1.46. The summed E-state index contributed by atoms with van der Waals surface area (Å²) >= 11 is 1.27. The average molecular weight is 503 g/mol. The summed E-state index contributed by atoms with van der Waals surface area (Å²) in [6, 6.07) is 10.6. The van der Waals surface area contributed by atoms with Crippen molar-refractivity contribution in [2.75, 3.05) is 11.9 Å². The lowest BCUT2D eigenvalue weighted by Crippen LogP contribution is -2.38. The number of aliphatic hydroxyl groups excluding tert-OH is 1. The Morgan fingerprint density at radius 3 is 2.94 bits per heavy atom. The molecule has 2 N–H and O–H groups in total. The number of thiophene rings is 1. The van der Waals surface area contributed by atoms with E-state index in [-0.39, 0.29) is 30.0 Å². The van der Waals surface area contributed by atoms with Gasteiger partial charge in [0, 0.05) is 13.1 Å². The monoisotopic (exact) mass is 502 g/mol. The van der Waals surface area contributed by atoms with Gasteiger partial charge in [0.1, 0.15) is 11.6 Å². The third kappa shape index (κ3) is 4.39. The smallest absolute Gasteiger partial charge is 0.268 e. The molecule has 182 valence electrons. The molecule has 2 amide bonds. The van der Waals surface area contributed by atoms with E-state index in [0.29, 0.717) is 40.8 Å². The third-order valence-electron chi connectivity index (χ3n) is 6.15. The molecule has 0 spiro atoms. The van der Waals surface area contributed by atoms with Crippen molar-refractivity contribution < 1.29 is 19.1 Å². The molecular formula is C25H22N6O4S. The standard InChI is InChI=1S/C25H22N6O4S/c1-15(10-26)24(34)30-8-2-3-17(30)12-31-19-5-4-16(13-32)9-18(19)28-25(31)29-23(33)22-7-6-21(36-22)20-11-27-14-35-20/h4-7,9,11,14,17,32H,1-3,8,12-13H2,(H,28,29,33)/t17-/m1/s1. The Kier molecular flexibility index (Phi) is 6.37. The van der Waals surface area contributed by atoms with Gasteiger partial charge in [0.2, 0.25) is 5.95 Å². The molecule has 36 heavy (non-hydrogen) atoms. The van der Waals surface area contributed by atoms with Crippen LogP contribution in [0.5, 0.6) is 0 Å². The van der Waals surface area contributed by atoms with Crippen molar-refractivity contribution in [1.29, 1.82) is 5.26 Å². The molecule has 0 unspecified atom stereocenters. The number of aliphatic hydroxyl groups is 1. The molecule has 3 aromatic heterocycles. The highest BCUT2D eigenvalue weighted by Crippen LogP contribution is 2.30. The molecule has 1 aliphatic rings. The molecule has 1 fully saturated rings. The predicted molar refractivity (Wildman–Crippen MR) is 133 cm³/mol. The molecule has 1 atom stereocenters. The van der Waals surface area contributed by atoms with E-state index in [9.17, 15) is 14.7 Å². The minimum Gasteiger partial charge on any atom is -0.443 e. The lowest BCUT2D eigenvalue weighted by molar-refractivity contribution is -0.127. The van der Waals surface area contributed by atoms with Gasteiger partial charge in [-0.15, -0.1) is 11.3 Å². The number of nitrogens with zero attached hydrogens (tertiary/aromatic N) is 5. The Labute approximate surface area is 210 Å². The number of aromatic nitrogens is 3. The maximum absolute atomic E-state index is 13.1. The summed E-state index contributed by atoms with van der Waals surface area (Å²) in [6.45, 7) is 4.35. The van der Waals surface area contributed by atoms with Gasteiger partial charge in [0.25, 0.3) is 11.8 Å². The Morgan fingerprint density at radius 1 is 1.33 bits per heavy atom. The number of rotatable bonds is 7. The lowest BCUT2D eigenvalue weighted by atomic mass is 10.2. The number of hydrogen-bond acceptors (Lipinski definition) is 8. The molecule has 0 aliphatic carbocycles. The molecular weight excluding hydrogens is 480 g/mol. The third-order valence-corrected chi connectivity index (χ3v) is 7.25. The van der Waals surface area contributed by atoms with E-state index < -0.39 is 0 Å². The number of nitriles is 1. The van der Waals surface area contributed by atoms with Gasteiger partial charge in [-0.2, -0.15) is 5.26 Å². The lowest BCUT2D eigenvalue weighted by Gasteiger charge is -2.25. The first-order chi connectivity index (χ1) is 17.5.